The smallest absolute Gasteiger partial charge is 0.0921 e. The Morgan fingerprint density at radius 3 is 2.33 bits per heavy atom. The largest absolute Gasteiger partial charge is 0.394 e. The maximum absolute atomic E-state index is 11.0. The molecule has 1 aliphatic carbocycles. The van der Waals surface area contributed by atoms with Gasteiger partial charge in [0.2, 0.25) is 0 Å². The zero-order chi connectivity index (χ0) is 23.4. The number of rotatable bonds is 9. The lowest BCUT2D eigenvalue weighted by atomic mass is 9.95. The number of fused-ring (bicyclic) bond motifs is 3. The summed E-state index contributed by atoms with van der Waals surface area (Å²) in [6.07, 6.45) is 1.31. The van der Waals surface area contributed by atoms with E-state index in [1.54, 1.807) is 0 Å². The third-order valence-electron chi connectivity index (χ3n) is 5.50. The molecule has 3 aromatic rings. The minimum Gasteiger partial charge on any atom is -0.394 e. The van der Waals surface area contributed by atoms with Gasteiger partial charge in [-0.3, -0.25) is 0 Å². The molecule has 0 fully saturated rings. The van der Waals surface area contributed by atoms with Crippen molar-refractivity contribution in [1.82, 2.24) is 5.32 Å². The van der Waals surface area contributed by atoms with Gasteiger partial charge in [0.25, 0.3) is 0 Å². The second kappa shape index (κ2) is 11.0. The number of aliphatic hydroxyl groups is 2. The molecule has 33 heavy (non-hydrogen) atoms. The van der Waals surface area contributed by atoms with Crippen LogP contribution in [0.15, 0.2) is 54.6 Å². The topological polar surface area (TPSA) is 61.7 Å². The summed E-state index contributed by atoms with van der Waals surface area (Å²) >= 11 is 18.9. The molecule has 0 spiro atoms. The first kappa shape index (κ1) is 24.2. The first-order valence-electron chi connectivity index (χ1n) is 10.7. The van der Waals surface area contributed by atoms with Crippen molar-refractivity contribution >= 4 is 46.5 Å². The normalized spacial score (nSPS) is 14.4. The Hall–Kier alpha value is -1.89. The third kappa shape index (κ3) is 5.61. The number of ether oxygens (including phenoxy) is 1. The second-order valence-corrected chi connectivity index (χ2v) is 9.08. The van der Waals surface area contributed by atoms with Gasteiger partial charge in [-0.2, -0.15) is 0 Å². The molecule has 0 bridgehead atoms. The number of nitrogens with one attached hydrogen (secondary N) is 1. The van der Waals surface area contributed by atoms with Crippen LogP contribution in [0.1, 0.15) is 28.4 Å². The second-order valence-electron chi connectivity index (χ2n) is 7.77. The summed E-state index contributed by atoms with van der Waals surface area (Å²) in [5, 5.41) is 24.9. The van der Waals surface area contributed by atoms with Crippen molar-refractivity contribution in [2.75, 3.05) is 32.9 Å². The molecule has 1 atom stereocenters. The Morgan fingerprint density at radius 1 is 0.848 bits per heavy atom. The van der Waals surface area contributed by atoms with Gasteiger partial charge >= 0.3 is 0 Å². The van der Waals surface area contributed by atoms with Gasteiger partial charge in [-0.05, 0) is 81.4 Å². The average molecular weight is 505 g/mol. The van der Waals surface area contributed by atoms with Gasteiger partial charge in [-0.1, -0.05) is 53.0 Å². The molecule has 3 N–H and O–H groups in total. The van der Waals surface area contributed by atoms with Crippen molar-refractivity contribution in [3.05, 3.63) is 91.9 Å². The third-order valence-corrected chi connectivity index (χ3v) is 6.21. The highest BCUT2D eigenvalue weighted by molar-refractivity contribution is 6.32. The molecule has 0 aliphatic heterocycles. The molecular formula is C26H24Cl3NO3. The molecule has 7 heteroatoms. The fourth-order valence-electron chi connectivity index (χ4n) is 4.05. The molecule has 1 unspecified atom stereocenters. The summed E-state index contributed by atoms with van der Waals surface area (Å²) in [6, 6.07) is 17.2. The van der Waals surface area contributed by atoms with E-state index in [0.717, 1.165) is 39.0 Å². The number of halogens is 3. The van der Waals surface area contributed by atoms with E-state index in [9.17, 15) is 5.11 Å². The maximum atomic E-state index is 11.0. The lowest BCUT2D eigenvalue weighted by Crippen LogP contribution is -2.26. The van der Waals surface area contributed by atoms with Gasteiger partial charge < -0.3 is 20.3 Å². The lowest BCUT2D eigenvalue weighted by molar-refractivity contribution is 0.0910. The SMILES string of the molecule is OCCOCCNCC(O)c1cc(Cl)cc2c1-c1ccc(Cl)cc1C2=Cc1ccc(Cl)cc1. The minimum atomic E-state index is -0.770. The molecule has 3 aromatic carbocycles. The van der Waals surface area contributed by atoms with Crippen LogP contribution < -0.4 is 5.32 Å². The standard InChI is InChI=1S/C26H24Cl3NO3/c27-17-3-1-16(2-4-17)11-21-22-12-18(28)5-6-20(22)26-23(21)13-19(29)14-24(26)25(32)15-30-7-9-33-10-8-31/h1-6,11-14,25,30-32H,7-10,15H2. The van der Waals surface area contributed by atoms with Crippen LogP contribution in [-0.2, 0) is 4.74 Å². The summed E-state index contributed by atoms with van der Waals surface area (Å²) in [5.74, 6) is 0. The van der Waals surface area contributed by atoms with Crippen LogP contribution in [0.3, 0.4) is 0 Å². The van der Waals surface area contributed by atoms with Crippen LogP contribution in [0.2, 0.25) is 15.1 Å². The molecule has 4 nitrogen and oxygen atoms in total. The van der Waals surface area contributed by atoms with E-state index in [-0.39, 0.29) is 6.61 Å². The fourth-order valence-corrected chi connectivity index (χ4v) is 4.57. The zero-order valence-corrected chi connectivity index (χ0v) is 20.1. The number of hydrogen-bond acceptors (Lipinski definition) is 4. The van der Waals surface area contributed by atoms with Crippen molar-refractivity contribution < 1.29 is 14.9 Å². The van der Waals surface area contributed by atoms with Crippen LogP contribution in [0, 0.1) is 0 Å². The molecule has 0 saturated heterocycles. The Kier molecular flexibility index (Phi) is 8.10. The Labute approximate surface area is 208 Å². The Bertz CT molecular complexity index is 1160. The summed E-state index contributed by atoms with van der Waals surface area (Å²) in [4.78, 5) is 0. The van der Waals surface area contributed by atoms with Gasteiger partial charge in [0.05, 0.1) is 25.9 Å². The molecule has 1 aliphatic rings. The monoisotopic (exact) mass is 503 g/mol. The Balaban J connectivity index is 1.71. The van der Waals surface area contributed by atoms with Gasteiger partial charge in [0.1, 0.15) is 0 Å². The number of hydrogen-bond donors (Lipinski definition) is 3. The molecular weight excluding hydrogens is 481 g/mol. The van der Waals surface area contributed by atoms with Gasteiger partial charge in [-0.15, -0.1) is 0 Å². The molecule has 0 aromatic heterocycles. The highest BCUT2D eigenvalue weighted by atomic mass is 35.5. The number of benzene rings is 3. The van der Waals surface area contributed by atoms with E-state index in [4.69, 9.17) is 44.6 Å². The van der Waals surface area contributed by atoms with Crippen molar-refractivity contribution in [1.29, 1.82) is 0 Å². The molecule has 172 valence electrons. The molecule has 0 amide bonds. The van der Waals surface area contributed by atoms with E-state index in [1.165, 1.54) is 0 Å². The average Bonchev–Trinajstić information content (AvgIpc) is 3.09. The van der Waals surface area contributed by atoms with Crippen LogP contribution in [-0.4, -0.2) is 43.1 Å². The molecule has 4 rings (SSSR count). The van der Waals surface area contributed by atoms with Crippen molar-refractivity contribution in [2.45, 2.75) is 6.10 Å². The highest BCUT2D eigenvalue weighted by Gasteiger charge is 2.29. The summed E-state index contributed by atoms with van der Waals surface area (Å²) in [7, 11) is 0. The fraction of sp³-hybridized carbons (Fsp3) is 0.231. The summed E-state index contributed by atoms with van der Waals surface area (Å²) in [6.45, 7) is 1.65. The van der Waals surface area contributed by atoms with Crippen LogP contribution >= 0.6 is 34.8 Å². The van der Waals surface area contributed by atoms with Crippen molar-refractivity contribution in [3.8, 4) is 11.1 Å². The molecule has 0 heterocycles. The number of aliphatic hydroxyl groups excluding tert-OH is 2. The van der Waals surface area contributed by atoms with Crippen LogP contribution in [0.4, 0.5) is 0 Å². The molecule has 0 saturated carbocycles. The van der Waals surface area contributed by atoms with Crippen LogP contribution in [0.25, 0.3) is 22.8 Å². The highest BCUT2D eigenvalue weighted by Crippen LogP contribution is 2.49. The van der Waals surface area contributed by atoms with Gasteiger partial charge in [-0.25, -0.2) is 0 Å². The van der Waals surface area contributed by atoms with E-state index in [0.29, 0.717) is 41.4 Å². The lowest BCUT2D eigenvalue weighted by Gasteiger charge is -2.17. The van der Waals surface area contributed by atoms with Crippen molar-refractivity contribution in [3.63, 3.8) is 0 Å². The van der Waals surface area contributed by atoms with E-state index < -0.39 is 6.10 Å². The van der Waals surface area contributed by atoms with Crippen LogP contribution in [0.5, 0.6) is 0 Å². The van der Waals surface area contributed by atoms with E-state index in [1.807, 2.05) is 54.6 Å². The van der Waals surface area contributed by atoms with Gasteiger partial charge in [0.15, 0.2) is 0 Å². The zero-order valence-electron chi connectivity index (χ0n) is 17.8. The summed E-state index contributed by atoms with van der Waals surface area (Å²) < 4.78 is 5.26. The van der Waals surface area contributed by atoms with Crippen molar-refractivity contribution in [2.24, 2.45) is 0 Å². The van der Waals surface area contributed by atoms with E-state index >= 15 is 0 Å². The summed E-state index contributed by atoms with van der Waals surface area (Å²) in [5.41, 5.74) is 6.66. The predicted octanol–water partition coefficient (Wildman–Crippen LogP) is 5.85. The molecule has 0 radical (unpaired) electrons. The predicted molar refractivity (Wildman–Crippen MR) is 136 cm³/mol. The minimum absolute atomic E-state index is 0.00737. The van der Waals surface area contributed by atoms with E-state index in [2.05, 4.69) is 11.4 Å². The maximum Gasteiger partial charge on any atom is 0.0921 e. The first-order valence-corrected chi connectivity index (χ1v) is 11.8. The van der Waals surface area contributed by atoms with Gasteiger partial charge in [0, 0.05) is 28.2 Å². The Morgan fingerprint density at radius 2 is 1.58 bits per heavy atom. The first-order chi connectivity index (χ1) is 16.0. The quantitative estimate of drug-likeness (QED) is 0.250.